The van der Waals surface area contributed by atoms with Gasteiger partial charge in [-0.2, -0.15) is 0 Å². The average Bonchev–Trinajstić information content (AvgIpc) is 2.53. The van der Waals surface area contributed by atoms with Crippen molar-refractivity contribution in [2.45, 2.75) is 25.9 Å². The van der Waals surface area contributed by atoms with Gasteiger partial charge in [-0.1, -0.05) is 32.0 Å². The fraction of sp³-hybridized carbons (Fsp3) is 0.278. The van der Waals surface area contributed by atoms with Crippen molar-refractivity contribution in [1.29, 1.82) is 0 Å². The third-order valence-electron chi connectivity index (χ3n) is 3.61. The number of hydrogen-bond acceptors (Lipinski definition) is 2. The molecule has 0 bridgehead atoms. The van der Waals surface area contributed by atoms with Crippen LogP contribution in [-0.4, -0.2) is 17.7 Å². The number of nitrogens with one attached hydrogen (secondary N) is 2. The van der Waals surface area contributed by atoms with Crippen LogP contribution in [0.3, 0.4) is 0 Å². The van der Waals surface area contributed by atoms with Crippen molar-refractivity contribution in [1.82, 2.24) is 5.32 Å². The smallest absolute Gasteiger partial charge is 0.319 e. The lowest BCUT2D eigenvalue weighted by Crippen LogP contribution is -2.32. The summed E-state index contributed by atoms with van der Waals surface area (Å²) in [4.78, 5) is 11.8. The van der Waals surface area contributed by atoms with Crippen molar-refractivity contribution in [2.75, 3.05) is 11.9 Å². The first-order valence-electron chi connectivity index (χ1n) is 7.64. The van der Waals surface area contributed by atoms with E-state index in [1.54, 1.807) is 12.1 Å². The minimum Gasteiger partial charge on any atom is -0.386 e. The van der Waals surface area contributed by atoms with Crippen LogP contribution in [0.5, 0.6) is 0 Å². The highest BCUT2D eigenvalue weighted by atomic mass is 19.1. The van der Waals surface area contributed by atoms with E-state index in [9.17, 15) is 18.7 Å². The molecule has 3 N–H and O–H groups in total. The Kier molecular flexibility index (Phi) is 5.87. The minimum atomic E-state index is -1.26. The molecule has 0 aliphatic rings. The van der Waals surface area contributed by atoms with Crippen LogP contribution >= 0.6 is 0 Å². The van der Waals surface area contributed by atoms with Gasteiger partial charge >= 0.3 is 6.03 Å². The summed E-state index contributed by atoms with van der Waals surface area (Å²) in [5.41, 5.74) is 1.69. The topological polar surface area (TPSA) is 61.4 Å². The fourth-order valence-electron chi connectivity index (χ4n) is 2.20. The van der Waals surface area contributed by atoms with Gasteiger partial charge in [-0.3, -0.25) is 0 Å². The van der Waals surface area contributed by atoms with Crippen molar-refractivity contribution in [3.05, 3.63) is 65.2 Å². The zero-order valence-electron chi connectivity index (χ0n) is 13.5. The van der Waals surface area contributed by atoms with Gasteiger partial charge in [-0.25, -0.2) is 13.6 Å². The molecule has 1 atom stereocenters. The third kappa shape index (κ3) is 4.76. The molecular weight excluding hydrogens is 314 g/mol. The van der Waals surface area contributed by atoms with Crippen LogP contribution in [0, 0.1) is 11.6 Å². The Labute approximate surface area is 139 Å². The summed E-state index contributed by atoms with van der Waals surface area (Å²) >= 11 is 0. The van der Waals surface area contributed by atoms with E-state index < -0.39 is 23.8 Å². The summed E-state index contributed by atoms with van der Waals surface area (Å²) in [6.07, 6.45) is -1.26. The second-order valence-corrected chi connectivity index (χ2v) is 5.79. The number of carbonyl (C=O) groups is 1. The number of carbonyl (C=O) groups excluding carboxylic acids is 1. The quantitative estimate of drug-likeness (QED) is 0.775. The fourth-order valence-corrected chi connectivity index (χ4v) is 2.20. The van der Waals surface area contributed by atoms with Crippen molar-refractivity contribution < 1.29 is 18.7 Å². The highest BCUT2D eigenvalue weighted by molar-refractivity contribution is 5.89. The molecule has 128 valence electrons. The van der Waals surface area contributed by atoms with Gasteiger partial charge in [0.25, 0.3) is 0 Å². The summed E-state index contributed by atoms with van der Waals surface area (Å²) in [5, 5.41) is 15.0. The molecule has 0 spiro atoms. The second-order valence-electron chi connectivity index (χ2n) is 5.79. The molecule has 0 unspecified atom stereocenters. The van der Waals surface area contributed by atoms with Crippen LogP contribution in [0.15, 0.2) is 42.5 Å². The predicted molar refractivity (Wildman–Crippen MR) is 88.9 cm³/mol. The average molecular weight is 334 g/mol. The number of urea groups is 1. The van der Waals surface area contributed by atoms with Crippen LogP contribution in [0.1, 0.15) is 37.0 Å². The van der Waals surface area contributed by atoms with Gasteiger partial charge in [-0.05, 0) is 29.7 Å². The number of aliphatic hydroxyl groups is 1. The summed E-state index contributed by atoms with van der Waals surface area (Å²) in [5.74, 6) is -1.18. The number of rotatable bonds is 5. The van der Waals surface area contributed by atoms with Gasteiger partial charge in [0.05, 0.1) is 6.10 Å². The highest BCUT2D eigenvalue weighted by Crippen LogP contribution is 2.18. The van der Waals surface area contributed by atoms with Crippen molar-refractivity contribution >= 4 is 11.7 Å². The maximum atomic E-state index is 13.5. The van der Waals surface area contributed by atoms with E-state index in [-0.39, 0.29) is 12.1 Å². The Hall–Kier alpha value is -2.47. The number of anilines is 1. The molecule has 6 heteroatoms. The monoisotopic (exact) mass is 334 g/mol. The van der Waals surface area contributed by atoms with Crippen LogP contribution in [-0.2, 0) is 0 Å². The first kappa shape index (κ1) is 17.9. The molecule has 24 heavy (non-hydrogen) atoms. The zero-order chi connectivity index (χ0) is 17.7. The number of amides is 2. The van der Waals surface area contributed by atoms with Crippen LogP contribution in [0.2, 0.25) is 0 Å². The van der Waals surface area contributed by atoms with E-state index in [4.69, 9.17) is 0 Å². The largest absolute Gasteiger partial charge is 0.386 e. The Balaban J connectivity index is 1.88. The van der Waals surface area contributed by atoms with E-state index in [1.165, 1.54) is 0 Å². The van der Waals surface area contributed by atoms with E-state index in [1.807, 2.05) is 12.1 Å². The molecule has 0 saturated carbocycles. The Morgan fingerprint density at radius 3 is 2.38 bits per heavy atom. The lowest BCUT2D eigenvalue weighted by Gasteiger charge is -2.14. The Morgan fingerprint density at radius 2 is 1.79 bits per heavy atom. The second kappa shape index (κ2) is 7.88. The van der Waals surface area contributed by atoms with E-state index >= 15 is 0 Å². The van der Waals surface area contributed by atoms with Crippen molar-refractivity contribution in [3.63, 3.8) is 0 Å². The number of aliphatic hydroxyl groups excluding tert-OH is 1. The number of halogens is 2. The molecule has 0 fully saturated rings. The van der Waals surface area contributed by atoms with Crippen LogP contribution in [0.4, 0.5) is 19.3 Å². The lowest BCUT2D eigenvalue weighted by molar-refractivity contribution is 0.170. The molecule has 0 heterocycles. The van der Waals surface area contributed by atoms with E-state index in [2.05, 4.69) is 24.5 Å². The molecule has 2 aromatic carbocycles. The molecule has 0 radical (unpaired) electrons. The summed E-state index contributed by atoms with van der Waals surface area (Å²) < 4.78 is 26.4. The van der Waals surface area contributed by atoms with E-state index in [0.29, 0.717) is 17.7 Å². The Morgan fingerprint density at radius 1 is 1.12 bits per heavy atom. The normalized spacial score (nSPS) is 12.1. The van der Waals surface area contributed by atoms with Gasteiger partial charge in [0.1, 0.15) is 11.6 Å². The minimum absolute atomic E-state index is 0.0713. The van der Waals surface area contributed by atoms with Crippen molar-refractivity contribution in [2.24, 2.45) is 0 Å². The maximum absolute atomic E-state index is 13.5. The standard InChI is InChI=1S/C18H20F2N2O2/c1-11(2)12-3-6-14(7-4-12)22-18(24)21-10-17(23)15-8-5-13(19)9-16(15)20/h3-9,11,17,23H,10H2,1-2H3,(H2,21,22,24)/t17-/m1/s1. The van der Waals surface area contributed by atoms with Gasteiger partial charge in [0.2, 0.25) is 0 Å². The molecule has 2 aromatic rings. The SMILES string of the molecule is CC(C)c1ccc(NC(=O)NC[C@@H](O)c2ccc(F)cc2F)cc1. The molecule has 0 aliphatic heterocycles. The molecule has 2 amide bonds. The van der Waals surface area contributed by atoms with Crippen LogP contribution < -0.4 is 10.6 Å². The van der Waals surface area contributed by atoms with Gasteiger partial charge in [0.15, 0.2) is 0 Å². The third-order valence-corrected chi connectivity index (χ3v) is 3.61. The molecule has 0 aliphatic carbocycles. The van der Waals surface area contributed by atoms with Gasteiger partial charge < -0.3 is 15.7 Å². The maximum Gasteiger partial charge on any atom is 0.319 e. The predicted octanol–water partition coefficient (Wildman–Crippen LogP) is 3.94. The lowest BCUT2D eigenvalue weighted by atomic mass is 10.0. The summed E-state index contributed by atoms with van der Waals surface area (Å²) in [6.45, 7) is 3.95. The van der Waals surface area contributed by atoms with Gasteiger partial charge in [0, 0.05) is 23.9 Å². The molecule has 0 saturated heterocycles. The summed E-state index contributed by atoms with van der Waals surface area (Å²) in [7, 11) is 0. The molecular formula is C18H20F2N2O2. The van der Waals surface area contributed by atoms with E-state index in [0.717, 1.165) is 17.7 Å². The number of benzene rings is 2. The van der Waals surface area contributed by atoms with Gasteiger partial charge in [-0.15, -0.1) is 0 Å². The van der Waals surface area contributed by atoms with Crippen LogP contribution in [0.25, 0.3) is 0 Å². The summed E-state index contributed by atoms with van der Waals surface area (Å²) in [6, 6.07) is 9.78. The Bertz CT molecular complexity index is 703. The zero-order valence-corrected chi connectivity index (χ0v) is 13.5. The number of hydrogen-bond donors (Lipinski definition) is 3. The first-order valence-corrected chi connectivity index (χ1v) is 7.64. The molecule has 2 rings (SSSR count). The van der Waals surface area contributed by atoms with Crippen molar-refractivity contribution in [3.8, 4) is 0 Å². The first-order chi connectivity index (χ1) is 11.4. The molecule has 0 aromatic heterocycles. The highest BCUT2D eigenvalue weighted by Gasteiger charge is 2.14. The molecule has 4 nitrogen and oxygen atoms in total.